The Morgan fingerprint density at radius 2 is 2.06 bits per heavy atom. The first kappa shape index (κ1) is 13.0. The Morgan fingerprint density at radius 3 is 2.59 bits per heavy atom. The van der Waals surface area contributed by atoms with Crippen molar-refractivity contribution in [3.8, 4) is 0 Å². The van der Waals surface area contributed by atoms with E-state index in [1.807, 2.05) is 25.1 Å². The monoisotopic (exact) mass is 234 g/mol. The topological polar surface area (TPSA) is 91.0 Å². The van der Waals surface area contributed by atoms with Gasteiger partial charge in [-0.3, -0.25) is 5.41 Å². The van der Waals surface area contributed by atoms with Crippen molar-refractivity contribution in [2.45, 2.75) is 25.8 Å². The van der Waals surface area contributed by atoms with E-state index in [4.69, 9.17) is 11.1 Å². The maximum absolute atomic E-state index is 11.6. The normalized spacial score (nSPS) is 11.6. The van der Waals surface area contributed by atoms with Gasteiger partial charge < -0.3 is 16.4 Å². The molecule has 5 nitrogen and oxygen atoms in total. The van der Waals surface area contributed by atoms with Crippen LogP contribution >= 0.6 is 0 Å². The number of carbonyl (C=O) groups excluding carboxylic acids is 1. The molecule has 0 fully saturated rings. The van der Waals surface area contributed by atoms with Crippen LogP contribution in [0.4, 0.5) is 10.5 Å². The Hall–Kier alpha value is -2.04. The van der Waals surface area contributed by atoms with E-state index in [0.29, 0.717) is 12.1 Å². The molecule has 1 aromatic carbocycles. The molecule has 1 aromatic rings. The highest BCUT2D eigenvalue weighted by molar-refractivity contribution is 5.93. The molecule has 0 bridgehead atoms. The van der Waals surface area contributed by atoms with Gasteiger partial charge in [0.15, 0.2) is 0 Å². The van der Waals surface area contributed by atoms with Crippen molar-refractivity contribution in [1.82, 2.24) is 5.32 Å². The summed E-state index contributed by atoms with van der Waals surface area (Å²) in [6, 6.07) is 8.39. The maximum atomic E-state index is 11.6. The Kier molecular flexibility index (Phi) is 5.00. The number of carbonyl (C=O) groups is 1. The van der Waals surface area contributed by atoms with Gasteiger partial charge in [-0.1, -0.05) is 31.5 Å². The Labute approximate surface area is 101 Å². The lowest BCUT2D eigenvalue weighted by Gasteiger charge is -2.16. The first-order valence-electron chi connectivity index (χ1n) is 5.60. The third-order valence-corrected chi connectivity index (χ3v) is 2.29. The molecule has 1 unspecified atom stereocenters. The number of amidine groups is 1. The fourth-order valence-electron chi connectivity index (χ4n) is 1.44. The zero-order valence-corrected chi connectivity index (χ0v) is 9.86. The summed E-state index contributed by atoms with van der Waals surface area (Å²) in [4.78, 5) is 11.6. The number of benzene rings is 1. The molecule has 0 radical (unpaired) electrons. The van der Waals surface area contributed by atoms with E-state index in [0.717, 1.165) is 6.42 Å². The number of amides is 2. The number of hydrogen-bond donors (Lipinski definition) is 4. The summed E-state index contributed by atoms with van der Waals surface area (Å²) in [5.74, 6) is -0.0185. The van der Waals surface area contributed by atoms with Crippen LogP contribution in [0.1, 0.15) is 19.8 Å². The predicted octanol–water partition coefficient (Wildman–Crippen LogP) is 1.91. The minimum atomic E-state index is -0.399. The fraction of sp³-hybridized carbons (Fsp3) is 0.333. The maximum Gasteiger partial charge on any atom is 0.319 e. The summed E-state index contributed by atoms with van der Waals surface area (Å²) >= 11 is 0. The minimum Gasteiger partial charge on any atom is -0.386 e. The molecule has 92 valence electrons. The number of nitrogens with two attached hydrogens (primary N) is 1. The van der Waals surface area contributed by atoms with Crippen LogP contribution in [0.2, 0.25) is 0 Å². The van der Waals surface area contributed by atoms with Crippen LogP contribution in [-0.2, 0) is 0 Å². The van der Waals surface area contributed by atoms with Crippen LogP contribution in [0.15, 0.2) is 30.3 Å². The summed E-state index contributed by atoms with van der Waals surface area (Å²) in [5, 5.41) is 12.7. The molecule has 0 heterocycles. The lowest BCUT2D eigenvalue weighted by atomic mass is 10.1. The number of nitrogens with one attached hydrogen (secondary N) is 3. The van der Waals surface area contributed by atoms with Gasteiger partial charge in [-0.05, 0) is 18.6 Å². The number of urea groups is 1. The Balaban J connectivity index is 2.51. The van der Waals surface area contributed by atoms with E-state index in [9.17, 15) is 4.79 Å². The van der Waals surface area contributed by atoms with Gasteiger partial charge in [0.05, 0.1) is 6.04 Å². The SMILES string of the molecule is CCCC(NC(=O)Nc1ccccc1)C(=N)N. The van der Waals surface area contributed by atoms with Gasteiger partial charge in [-0.15, -0.1) is 0 Å². The highest BCUT2D eigenvalue weighted by Crippen LogP contribution is 2.05. The highest BCUT2D eigenvalue weighted by atomic mass is 16.2. The van der Waals surface area contributed by atoms with E-state index < -0.39 is 6.04 Å². The van der Waals surface area contributed by atoms with Gasteiger partial charge in [0.2, 0.25) is 0 Å². The third-order valence-electron chi connectivity index (χ3n) is 2.29. The number of anilines is 1. The minimum absolute atomic E-state index is 0.0185. The molecule has 0 saturated carbocycles. The van der Waals surface area contributed by atoms with E-state index in [2.05, 4.69) is 10.6 Å². The van der Waals surface area contributed by atoms with Crippen LogP contribution in [0.5, 0.6) is 0 Å². The summed E-state index contributed by atoms with van der Waals surface area (Å²) in [7, 11) is 0. The molecular formula is C12H18N4O. The molecular weight excluding hydrogens is 216 g/mol. The van der Waals surface area contributed by atoms with Crippen LogP contribution in [-0.4, -0.2) is 17.9 Å². The molecule has 17 heavy (non-hydrogen) atoms. The van der Waals surface area contributed by atoms with Crippen LogP contribution in [0.25, 0.3) is 0 Å². The molecule has 5 heteroatoms. The quantitative estimate of drug-likeness (QED) is 0.463. The number of hydrogen-bond acceptors (Lipinski definition) is 2. The van der Waals surface area contributed by atoms with Gasteiger partial charge >= 0.3 is 6.03 Å². The van der Waals surface area contributed by atoms with E-state index >= 15 is 0 Å². The second-order valence-corrected chi connectivity index (χ2v) is 3.76. The molecule has 2 amide bonds. The zero-order valence-electron chi connectivity index (χ0n) is 9.86. The zero-order chi connectivity index (χ0) is 12.7. The van der Waals surface area contributed by atoms with Gasteiger partial charge in [-0.25, -0.2) is 4.79 Å². The van der Waals surface area contributed by atoms with Crippen molar-refractivity contribution in [3.05, 3.63) is 30.3 Å². The summed E-state index contributed by atoms with van der Waals surface area (Å²) in [5.41, 5.74) is 6.12. The van der Waals surface area contributed by atoms with Gasteiger partial charge in [0.1, 0.15) is 5.84 Å². The number of rotatable bonds is 5. The molecule has 0 spiro atoms. The lowest BCUT2D eigenvalue weighted by Crippen LogP contribution is -2.45. The fourth-order valence-corrected chi connectivity index (χ4v) is 1.44. The van der Waals surface area contributed by atoms with Crippen molar-refractivity contribution in [3.63, 3.8) is 0 Å². The molecule has 1 atom stereocenters. The first-order valence-corrected chi connectivity index (χ1v) is 5.60. The van der Waals surface area contributed by atoms with Crippen molar-refractivity contribution in [2.24, 2.45) is 5.73 Å². The summed E-state index contributed by atoms with van der Waals surface area (Å²) in [6.45, 7) is 1.98. The molecule has 1 rings (SSSR count). The molecule has 5 N–H and O–H groups in total. The number of para-hydroxylation sites is 1. The second-order valence-electron chi connectivity index (χ2n) is 3.76. The van der Waals surface area contributed by atoms with Crippen LogP contribution in [0.3, 0.4) is 0 Å². The van der Waals surface area contributed by atoms with Crippen molar-refractivity contribution in [2.75, 3.05) is 5.32 Å². The van der Waals surface area contributed by atoms with Gasteiger partial charge in [0, 0.05) is 5.69 Å². The van der Waals surface area contributed by atoms with E-state index in [1.165, 1.54) is 0 Å². The first-order chi connectivity index (χ1) is 8.13. The largest absolute Gasteiger partial charge is 0.386 e. The van der Waals surface area contributed by atoms with Crippen molar-refractivity contribution < 1.29 is 4.79 Å². The highest BCUT2D eigenvalue weighted by Gasteiger charge is 2.13. The second kappa shape index (κ2) is 6.52. The summed E-state index contributed by atoms with van der Waals surface area (Å²) in [6.07, 6.45) is 1.52. The summed E-state index contributed by atoms with van der Waals surface area (Å²) < 4.78 is 0. The van der Waals surface area contributed by atoms with Gasteiger partial charge in [0.25, 0.3) is 0 Å². The molecule has 0 aromatic heterocycles. The van der Waals surface area contributed by atoms with Gasteiger partial charge in [-0.2, -0.15) is 0 Å². The van der Waals surface area contributed by atoms with Crippen LogP contribution < -0.4 is 16.4 Å². The third kappa shape index (κ3) is 4.55. The molecule has 0 aliphatic rings. The smallest absolute Gasteiger partial charge is 0.319 e. The van der Waals surface area contributed by atoms with Crippen molar-refractivity contribution in [1.29, 1.82) is 5.41 Å². The standard InChI is InChI=1S/C12H18N4O/c1-2-6-10(11(13)14)16-12(17)15-9-7-4-3-5-8-9/h3-5,7-8,10H,2,6H2,1H3,(H3,13,14)(H2,15,16,17). The average molecular weight is 234 g/mol. The Bertz CT molecular complexity index is 377. The van der Waals surface area contributed by atoms with E-state index in [-0.39, 0.29) is 11.9 Å². The van der Waals surface area contributed by atoms with Crippen LogP contribution in [0, 0.1) is 5.41 Å². The molecule has 0 saturated heterocycles. The lowest BCUT2D eigenvalue weighted by molar-refractivity contribution is 0.250. The Morgan fingerprint density at radius 1 is 1.41 bits per heavy atom. The predicted molar refractivity (Wildman–Crippen MR) is 69.2 cm³/mol. The molecule has 0 aliphatic carbocycles. The average Bonchev–Trinajstić information content (AvgIpc) is 2.29. The van der Waals surface area contributed by atoms with E-state index in [1.54, 1.807) is 12.1 Å². The van der Waals surface area contributed by atoms with Crippen molar-refractivity contribution >= 4 is 17.6 Å². The molecule has 0 aliphatic heterocycles.